The monoisotopic (exact) mass is 281 g/mol. The summed E-state index contributed by atoms with van der Waals surface area (Å²) in [6.07, 6.45) is 1.11. The number of rotatable bonds is 1. The van der Waals surface area contributed by atoms with Crippen LogP contribution in [0.5, 0.6) is 0 Å². The summed E-state index contributed by atoms with van der Waals surface area (Å²) in [6, 6.07) is 8.61. The van der Waals surface area contributed by atoms with E-state index in [4.69, 9.17) is 5.11 Å². The molecule has 1 heterocycles. The molecule has 1 unspecified atom stereocenters. The van der Waals surface area contributed by atoms with Crippen LogP contribution in [-0.4, -0.2) is 46.0 Å². The first-order valence-corrected chi connectivity index (χ1v) is 6.71. The number of amides is 1. The predicted molar refractivity (Wildman–Crippen MR) is 66.2 cm³/mol. The van der Waals surface area contributed by atoms with Crippen LogP contribution < -0.4 is 4.35 Å². The van der Waals surface area contributed by atoms with Crippen LogP contribution in [0.25, 0.3) is 0 Å². The van der Waals surface area contributed by atoms with Gasteiger partial charge in [0.05, 0.1) is 0 Å². The van der Waals surface area contributed by atoms with Crippen LogP contribution in [0, 0.1) is 0 Å². The first-order chi connectivity index (χ1) is 7.66. The van der Waals surface area contributed by atoms with Crippen LogP contribution in [0.4, 0.5) is 4.79 Å². The van der Waals surface area contributed by atoms with E-state index in [0.29, 0.717) is 19.0 Å². The summed E-state index contributed by atoms with van der Waals surface area (Å²) in [5.74, 6) is 0.534. The molecule has 2 rings (SSSR count). The van der Waals surface area contributed by atoms with Crippen LogP contribution in [0.15, 0.2) is 24.3 Å². The fraction of sp³-hybridized carbons (Fsp3) is 0.417. The molecule has 4 heteroatoms. The first-order valence-electron chi connectivity index (χ1n) is 5.50. The third-order valence-electron chi connectivity index (χ3n) is 3.15. The fourth-order valence-corrected chi connectivity index (χ4v) is 2.85. The molecule has 1 aromatic carbocycles. The quantitative estimate of drug-likeness (QED) is 0.774. The van der Waals surface area contributed by atoms with Crippen LogP contribution >= 0.6 is 0 Å². The van der Waals surface area contributed by atoms with E-state index in [2.05, 4.69) is 24.3 Å². The number of likely N-dealkylation sites (tertiary alicyclic amines) is 1. The molecule has 1 amide bonds. The van der Waals surface area contributed by atoms with E-state index in [1.54, 1.807) is 16.9 Å². The van der Waals surface area contributed by atoms with Crippen molar-refractivity contribution in [3.8, 4) is 0 Å². The molecule has 1 N–H and O–H groups in total. The number of benzene rings is 1. The van der Waals surface area contributed by atoms with E-state index in [0.717, 1.165) is 12.8 Å². The molecule has 1 aromatic rings. The van der Waals surface area contributed by atoms with E-state index >= 15 is 0 Å². The Morgan fingerprint density at radius 1 is 1.38 bits per heavy atom. The van der Waals surface area contributed by atoms with Gasteiger partial charge in [-0.1, -0.05) is 0 Å². The Bertz CT molecular complexity index is 386. The number of piperidine rings is 1. The number of carboxylic acid groups (broad SMARTS) is 1. The molecule has 86 valence electrons. The summed E-state index contributed by atoms with van der Waals surface area (Å²) in [4.78, 5) is 12.3. The van der Waals surface area contributed by atoms with Crippen molar-refractivity contribution in [1.82, 2.24) is 4.90 Å². The van der Waals surface area contributed by atoms with Crippen molar-refractivity contribution in [3.05, 3.63) is 29.8 Å². The normalized spacial score (nSPS) is 17.4. The predicted octanol–water partition coefficient (Wildman–Crippen LogP) is 0.802. The molecule has 0 radical (unpaired) electrons. The Labute approximate surface area is 104 Å². The summed E-state index contributed by atoms with van der Waals surface area (Å²) in [5.41, 5.74) is 1.37. The zero-order valence-corrected chi connectivity index (χ0v) is 11.5. The van der Waals surface area contributed by atoms with Crippen molar-refractivity contribution in [2.24, 2.45) is 0 Å². The maximum absolute atomic E-state index is 10.8. The van der Waals surface area contributed by atoms with E-state index in [1.807, 2.05) is 0 Å². The SMILES string of the molecule is O=C(O)N1CCC(c2cccc([AsH2])c2)CC1. The molecule has 3 nitrogen and oxygen atoms in total. The molecule has 0 bridgehead atoms. The second-order valence-electron chi connectivity index (χ2n) is 4.21. The molecule has 16 heavy (non-hydrogen) atoms. The Morgan fingerprint density at radius 3 is 2.62 bits per heavy atom. The van der Waals surface area contributed by atoms with E-state index in [-0.39, 0.29) is 0 Å². The van der Waals surface area contributed by atoms with Gasteiger partial charge in [-0.15, -0.1) is 0 Å². The molecule has 1 aliphatic heterocycles. The van der Waals surface area contributed by atoms with Crippen molar-refractivity contribution in [1.29, 1.82) is 0 Å². The molecule has 1 aliphatic rings. The van der Waals surface area contributed by atoms with Gasteiger partial charge in [0.2, 0.25) is 0 Å². The Kier molecular flexibility index (Phi) is 3.55. The van der Waals surface area contributed by atoms with Crippen LogP contribution in [0.2, 0.25) is 0 Å². The summed E-state index contributed by atoms with van der Waals surface area (Å²) in [5, 5.41) is 8.87. The molecular formula is C12H16AsNO2. The Hall–Kier alpha value is -0.952. The number of hydrogen-bond acceptors (Lipinski definition) is 1. The van der Waals surface area contributed by atoms with Crippen LogP contribution in [0.3, 0.4) is 0 Å². The first kappa shape index (κ1) is 11.5. The zero-order valence-electron chi connectivity index (χ0n) is 9.10. The molecule has 0 spiro atoms. The zero-order chi connectivity index (χ0) is 11.5. The molecule has 0 aliphatic carbocycles. The van der Waals surface area contributed by atoms with Crippen molar-refractivity contribution >= 4 is 27.3 Å². The molecule has 1 atom stereocenters. The minimum absolute atomic E-state index is 0.534. The van der Waals surface area contributed by atoms with Gasteiger partial charge in [0.15, 0.2) is 0 Å². The third-order valence-corrected chi connectivity index (χ3v) is 3.90. The van der Waals surface area contributed by atoms with Gasteiger partial charge >= 0.3 is 104 Å². The molecule has 1 fully saturated rings. The second-order valence-corrected chi connectivity index (χ2v) is 5.61. The van der Waals surface area contributed by atoms with Gasteiger partial charge in [0.25, 0.3) is 0 Å². The van der Waals surface area contributed by atoms with Gasteiger partial charge in [-0.3, -0.25) is 0 Å². The minimum atomic E-state index is -0.786. The number of hydrogen-bond donors (Lipinski definition) is 1. The van der Waals surface area contributed by atoms with Crippen molar-refractivity contribution < 1.29 is 9.90 Å². The van der Waals surface area contributed by atoms with Crippen molar-refractivity contribution in [2.45, 2.75) is 18.8 Å². The van der Waals surface area contributed by atoms with Gasteiger partial charge in [0.1, 0.15) is 0 Å². The maximum atomic E-state index is 10.8. The van der Waals surface area contributed by atoms with Gasteiger partial charge < -0.3 is 0 Å². The molecule has 0 saturated carbocycles. The average Bonchev–Trinajstić information content (AvgIpc) is 2.29. The van der Waals surface area contributed by atoms with Crippen LogP contribution in [0.1, 0.15) is 24.3 Å². The van der Waals surface area contributed by atoms with E-state index < -0.39 is 6.09 Å². The van der Waals surface area contributed by atoms with Crippen molar-refractivity contribution in [2.75, 3.05) is 13.1 Å². The summed E-state index contributed by atoms with van der Waals surface area (Å²) in [6.45, 7) is 1.33. The number of carbonyl (C=O) groups is 1. The van der Waals surface area contributed by atoms with Gasteiger partial charge in [-0.25, -0.2) is 0 Å². The van der Waals surface area contributed by atoms with Crippen LogP contribution in [-0.2, 0) is 0 Å². The molecular weight excluding hydrogens is 265 g/mol. The van der Waals surface area contributed by atoms with Gasteiger partial charge in [-0.05, 0) is 0 Å². The van der Waals surface area contributed by atoms with Crippen molar-refractivity contribution in [3.63, 3.8) is 0 Å². The van der Waals surface area contributed by atoms with E-state index in [1.165, 1.54) is 14.8 Å². The molecule has 0 aromatic heterocycles. The summed E-state index contributed by atoms with van der Waals surface area (Å²) in [7, 11) is 0. The Morgan fingerprint density at radius 2 is 2.06 bits per heavy atom. The Balaban J connectivity index is 2.01. The topological polar surface area (TPSA) is 40.5 Å². The fourth-order valence-electron chi connectivity index (χ4n) is 2.22. The second kappa shape index (κ2) is 4.92. The average molecular weight is 281 g/mol. The van der Waals surface area contributed by atoms with E-state index in [9.17, 15) is 4.79 Å². The molecule has 1 saturated heterocycles. The third kappa shape index (κ3) is 2.59. The standard InChI is InChI=1S/C12H16AsNO2/c13-11-3-1-2-10(8-11)9-4-6-14(7-5-9)12(15)16/h1-3,8-9H,4-7,13H2,(H,15,16). The number of nitrogens with zero attached hydrogens (tertiary/aromatic N) is 1. The summed E-state index contributed by atoms with van der Waals surface area (Å²) < 4.78 is 1.34. The summed E-state index contributed by atoms with van der Waals surface area (Å²) >= 11 is 1.64. The van der Waals surface area contributed by atoms with Gasteiger partial charge in [-0.2, -0.15) is 0 Å². The van der Waals surface area contributed by atoms with Gasteiger partial charge in [0, 0.05) is 0 Å².